The van der Waals surface area contributed by atoms with Gasteiger partial charge >= 0.3 is 5.84 Å². The second kappa shape index (κ2) is 3.75. The van der Waals surface area contributed by atoms with Crippen LogP contribution in [0.25, 0.3) is 0 Å². The zero-order valence-corrected chi connectivity index (χ0v) is 12.7. The quantitative estimate of drug-likeness (QED) is 0.287. The van der Waals surface area contributed by atoms with Crippen molar-refractivity contribution < 1.29 is 9.95 Å². The van der Waals surface area contributed by atoms with Gasteiger partial charge in [0.1, 0.15) is 13.6 Å². The van der Waals surface area contributed by atoms with Crippen LogP contribution in [0.3, 0.4) is 0 Å². The first-order valence-electron chi connectivity index (χ1n) is 5.76. The lowest BCUT2D eigenvalue weighted by Gasteiger charge is -2.32. The van der Waals surface area contributed by atoms with Crippen LogP contribution >= 0.6 is 0 Å². The summed E-state index contributed by atoms with van der Waals surface area (Å²) < 4.78 is 0.757. The Morgan fingerprint density at radius 1 is 1.24 bits per heavy atom. The van der Waals surface area contributed by atoms with Crippen LogP contribution in [-0.2, 0) is 5.21 Å². The molecule has 1 heterocycles. The van der Waals surface area contributed by atoms with Gasteiger partial charge in [0.2, 0.25) is 0 Å². The van der Waals surface area contributed by atoms with Crippen LogP contribution in [0.2, 0.25) is 19.6 Å². The lowest BCUT2D eigenvalue weighted by molar-refractivity contribution is -0.539. The molecule has 0 amide bonds. The molecule has 0 aromatic rings. The maximum atomic E-state index is 12.1. The minimum Gasteiger partial charge on any atom is -0.714 e. The van der Waals surface area contributed by atoms with Gasteiger partial charge in [-0.05, 0) is 27.7 Å². The molecule has 0 saturated carbocycles. The first-order chi connectivity index (χ1) is 7.41. The van der Waals surface area contributed by atoms with Gasteiger partial charge in [0, 0.05) is 11.1 Å². The molecule has 0 aromatic heterocycles. The van der Waals surface area contributed by atoms with E-state index in [4.69, 9.17) is 0 Å². The van der Waals surface area contributed by atoms with E-state index in [1.165, 1.54) is 0 Å². The van der Waals surface area contributed by atoms with Gasteiger partial charge in [-0.1, -0.05) is 24.7 Å². The number of amidine groups is 1. The smallest absolute Gasteiger partial charge is 0.362 e. The fraction of sp³-hybridized carbons (Fsp3) is 0.750. The Hall–Kier alpha value is -0.993. The normalized spacial score (nSPS) is 22.5. The molecule has 17 heavy (non-hydrogen) atoms. The molecule has 5 heteroatoms. The van der Waals surface area contributed by atoms with Crippen molar-refractivity contribution in [3.8, 4) is 11.5 Å². The van der Waals surface area contributed by atoms with E-state index < -0.39 is 19.2 Å². The average molecular weight is 253 g/mol. The van der Waals surface area contributed by atoms with Crippen LogP contribution in [0, 0.1) is 16.7 Å². The Balaban J connectivity index is 3.25. The van der Waals surface area contributed by atoms with Crippen molar-refractivity contribution in [3.05, 3.63) is 5.21 Å². The first kappa shape index (κ1) is 14.1. The van der Waals surface area contributed by atoms with E-state index in [1.807, 2.05) is 0 Å². The van der Waals surface area contributed by atoms with Gasteiger partial charge in [-0.15, -0.1) is 5.54 Å². The van der Waals surface area contributed by atoms with Crippen molar-refractivity contribution in [2.24, 2.45) is 0 Å². The van der Waals surface area contributed by atoms with E-state index >= 15 is 0 Å². The van der Waals surface area contributed by atoms with E-state index in [2.05, 4.69) is 31.1 Å². The average Bonchev–Trinajstić information content (AvgIpc) is 2.24. The predicted octanol–water partition coefficient (Wildman–Crippen LogP) is 1.99. The van der Waals surface area contributed by atoms with Crippen molar-refractivity contribution in [3.63, 3.8) is 0 Å². The minimum atomic E-state index is -1.59. The van der Waals surface area contributed by atoms with Crippen LogP contribution < -0.4 is 0 Å². The molecular formula is C12H21N2O2Si. The van der Waals surface area contributed by atoms with Gasteiger partial charge in [-0.2, -0.15) is 0 Å². The van der Waals surface area contributed by atoms with Gasteiger partial charge in [-0.3, -0.25) is 0 Å². The number of hydroxylamine groups is 3. The molecule has 0 atom stereocenters. The second-order valence-electron chi connectivity index (χ2n) is 6.53. The molecule has 0 N–H and O–H groups in total. The van der Waals surface area contributed by atoms with Gasteiger partial charge in [-0.25, -0.2) is 4.74 Å². The number of hydrogen-bond acceptors (Lipinski definition) is 2. The van der Waals surface area contributed by atoms with E-state index in [0.29, 0.717) is 0 Å². The molecule has 1 radical (unpaired) electrons. The monoisotopic (exact) mass is 253 g/mol. The zero-order chi connectivity index (χ0) is 13.6. The molecule has 0 fully saturated rings. The third-order valence-electron chi connectivity index (χ3n) is 3.45. The van der Waals surface area contributed by atoms with Crippen LogP contribution in [0.4, 0.5) is 0 Å². The second-order valence-corrected chi connectivity index (χ2v) is 11.3. The summed E-state index contributed by atoms with van der Waals surface area (Å²) >= 11 is 0. The Morgan fingerprint density at radius 2 is 1.71 bits per heavy atom. The molecule has 0 aliphatic carbocycles. The molecule has 1 rings (SSSR count). The van der Waals surface area contributed by atoms with Gasteiger partial charge in [0.15, 0.2) is 5.54 Å². The highest BCUT2D eigenvalue weighted by molar-refractivity contribution is 6.84. The Bertz CT molecular complexity index is 422. The fourth-order valence-electron chi connectivity index (χ4n) is 1.45. The van der Waals surface area contributed by atoms with E-state index in [0.717, 1.165) is 9.80 Å². The highest BCUT2D eigenvalue weighted by Crippen LogP contribution is 2.35. The molecule has 0 saturated heterocycles. The predicted molar refractivity (Wildman–Crippen MR) is 70.4 cm³/mol. The molecule has 0 aromatic carbocycles. The van der Waals surface area contributed by atoms with E-state index in [9.17, 15) is 10.4 Å². The van der Waals surface area contributed by atoms with Crippen molar-refractivity contribution in [2.75, 3.05) is 0 Å². The van der Waals surface area contributed by atoms with Crippen LogP contribution in [-0.4, -0.2) is 34.8 Å². The van der Waals surface area contributed by atoms with Crippen molar-refractivity contribution in [1.82, 2.24) is 5.06 Å². The van der Waals surface area contributed by atoms with Crippen molar-refractivity contribution in [2.45, 2.75) is 58.4 Å². The Morgan fingerprint density at radius 3 is 2.00 bits per heavy atom. The standard InChI is InChI=1S/C12H21N2O2Si/c1-11(2)12(3,4)14(16)10(13(11)15)8-9-17(5,6)7/h1-7H3. The molecule has 0 bridgehead atoms. The van der Waals surface area contributed by atoms with Crippen LogP contribution in [0.1, 0.15) is 27.7 Å². The maximum absolute atomic E-state index is 12.1. The summed E-state index contributed by atoms with van der Waals surface area (Å²) in [4.78, 5) is 0. The molecule has 95 valence electrons. The van der Waals surface area contributed by atoms with Crippen LogP contribution in [0.5, 0.6) is 0 Å². The minimum absolute atomic E-state index is 0.0439. The fourth-order valence-corrected chi connectivity index (χ4v) is 1.94. The topological polar surface area (TPSA) is 49.2 Å². The van der Waals surface area contributed by atoms with Gasteiger partial charge in [0.05, 0.1) is 0 Å². The SMILES string of the molecule is CC1(C)N([O])C(C#C[Si](C)(C)C)=[N+]([O-])C1(C)C. The van der Waals surface area contributed by atoms with E-state index in [-0.39, 0.29) is 5.84 Å². The number of rotatable bonds is 0. The molecule has 1 aliphatic heterocycles. The highest BCUT2D eigenvalue weighted by Gasteiger charge is 2.59. The molecule has 4 nitrogen and oxygen atoms in total. The zero-order valence-electron chi connectivity index (χ0n) is 11.7. The molecule has 0 unspecified atom stereocenters. The first-order valence-corrected chi connectivity index (χ1v) is 9.26. The van der Waals surface area contributed by atoms with Gasteiger partial charge in [0.25, 0.3) is 0 Å². The van der Waals surface area contributed by atoms with Gasteiger partial charge < -0.3 is 5.21 Å². The Kier molecular flexibility index (Phi) is 3.11. The largest absolute Gasteiger partial charge is 0.714 e. The number of hydrogen-bond donors (Lipinski definition) is 0. The maximum Gasteiger partial charge on any atom is 0.362 e. The summed E-state index contributed by atoms with van der Waals surface area (Å²) in [5.41, 5.74) is 1.54. The Labute approximate surface area is 104 Å². The lowest BCUT2D eigenvalue weighted by Crippen LogP contribution is -2.53. The summed E-state index contributed by atoms with van der Waals surface area (Å²) in [5.74, 6) is 2.83. The third kappa shape index (κ3) is 2.20. The summed E-state index contributed by atoms with van der Waals surface area (Å²) in [6.45, 7) is 13.3. The molecular weight excluding hydrogens is 232 g/mol. The van der Waals surface area contributed by atoms with E-state index in [1.54, 1.807) is 27.7 Å². The molecule has 0 spiro atoms. The molecule has 1 aliphatic rings. The summed E-state index contributed by atoms with van der Waals surface area (Å²) in [6.07, 6.45) is 0. The van der Waals surface area contributed by atoms with Crippen molar-refractivity contribution in [1.29, 1.82) is 0 Å². The summed E-state index contributed by atoms with van der Waals surface area (Å²) in [7, 11) is -1.59. The lowest BCUT2D eigenvalue weighted by atomic mass is 9.84. The van der Waals surface area contributed by atoms with Crippen LogP contribution in [0.15, 0.2) is 0 Å². The highest BCUT2D eigenvalue weighted by atomic mass is 28.3. The summed E-state index contributed by atoms with van der Waals surface area (Å²) in [6, 6.07) is 0. The third-order valence-corrected chi connectivity index (χ3v) is 4.32. The van der Waals surface area contributed by atoms with Crippen molar-refractivity contribution >= 4 is 13.9 Å². The summed E-state index contributed by atoms with van der Waals surface area (Å²) in [5, 5.41) is 25.0. The number of nitrogens with zero attached hydrogens (tertiary/aromatic N) is 2.